The predicted molar refractivity (Wildman–Crippen MR) is 95.4 cm³/mol. The van der Waals surface area contributed by atoms with Crippen LogP contribution in [-0.2, 0) is 0 Å². The molecule has 2 aromatic carbocycles. The minimum absolute atomic E-state index is 0.604. The molecule has 0 heteroatoms. The quantitative estimate of drug-likeness (QED) is 0.569. The lowest BCUT2D eigenvalue weighted by molar-refractivity contribution is 0.496. The molecule has 0 saturated heterocycles. The lowest BCUT2D eigenvalue weighted by atomic mass is 9.70. The van der Waals surface area contributed by atoms with Crippen molar-refractivity contribution in [1.82, 2.24) is 0 Å². The molecule has 0 radical (unpaired) electrons. The highest BCUT2D eigenvalue weighted by Gasteiger charge is 2.29. The van der Waals surface area contributed by atoms with Crippen LogP contribution in [-0.4, -0.2) is 0 Å². The first-order valence-corrected chi connectivity index (χ1v) is 8.33. The van der Waals surface area contributed by atoms with Gasteiger partial charge < -0.3 is 0 Å². The van der Waals surface area contributed by atoms with Crippen molar-refractivity contribution in [1.29, 1.82) is 0 Å². The van der Waals surface area contributed by atoms with Crippen molar-refractivity contribution in [3.8, 4) is 0 Å². The third-order valence-corrected chi connectivity index (χ3v) is 5.28. The monoisotopic (exact) mass is 290 g/mol. The molecule has 0 heterocycles. The first-order valence-electron chi connectivity index (χ1n) is 8.33. The van der Waals surface area contributed by atoms with Crippen LogP contribution in [0.25, 0.3) is 0 Å². The third kappa shape index (κ3) is 3.02. The zero-order valence-electron chi connectivity index (χ0n) is 14.2. The van der Waals surface area contributed by atoms with E-state index in [9.17, 15) is 0 Å². The summed E-state index contributed by atoms with van der Waals surface area (Å²) in [5.41, 5.74) is 8.82. The normalized spacial score (nSPS) is 22.0. The van der Waals surface area contributed by atoms with E-state index in [1.165, 1.54) is 35.1 Å². The van der Waals surface area contributed by atoms with E-state index < -0.39 is 0 Å². The molecule has 0 spiro atoms. The Bertz CT molecular complexity index is 609. The van der Waals surface area contributed by atoms with Crippen LogP contribution < -0.4 is 0 Å². The van der Waals surface area contributed by atoms with Gasteiger partial charge in [-0.15, -0.1) is 0 Å². The Balaban J connectivity index is 2.00. The van der Waals surface area contributed by atoms with Crippen LogP contribution in [0.5, 0.6) is 0 Å². The molecule has 22 heavy (non-hydrogen) atoms. The standard InChI is InChI=1S/C22H26/c1-15-5-9-19(10-6-15)21-13-17(3)18(4)14-22(21)20-11-7-16(2)8-12-20/h5-12,21-22H,13-14H2,1-4H3/t21-,22-/m1/s1. The first kappa shape index (κ1) is 15.1. The summed E-state index contributed by atoms with van der Waals surface area (Å²) >= 11 is 0. The fourth-order valence-electron chi connectivity index (χ4n) is 3.62. The molecule has 2 atom stereocenters. The van der Waals surface area contributed by atoms with Crippen molar-refractivity contribution in [3.05, 3.63) is 81.9 Å². The topological polar surface area (TPSA) is 0 Å². The second-order valence-corrected chi connectivity index (χ2v) is 7.00. The molecule has 0 nitrogen and oxygen atoms in total. The number of hydrogen-bond acceptors (Lipinski definition) is 0. The van der Waals surface area contributed by atoms with Crippen molar-refractivity contribution in [2.45, 2.75) is 52.4 Å². The minimum Gasteiger partial charge on any atom is -0.0737 e. The second kappa shape index (κ2) is 6.12. The molecular weight excluding hydrogens is 264 g/mol. The maximum Gasteiger partial charge on any atom is -0.00528 e. The Morgan fingerprint density at radius 3 is 1.18 bits per heavy atom. The highest BCUT2D eigenvalue weighted by molar-refractivity contribution is 5.37. The van der Waals surface area contributed by atoms with E-state index in [2.05, 4.69) is 76.2 Å². The molecule has 0 unspecified atom stereocenters. The molecule has 0 saturated carbocycles. The number of rotatable bonds is 2. The minimum atomic E-state index is 0.604. The van der Waals surface area contributed by atoms with Gasteiger partial charge in [-0.2, -0.15) is 0 Å². The maximum atomic E-state index is 2.33. The second-order valence-electron chi connectivity index (χ2n) is 7.00. The van der Waals surface area contributed by atoms with Crippen LogP contribution in [0.1, 0.15) is 60.8 Å². The molecule has 0 bridgehead atoms. The Kier molecular flexibility index (Phi) is 4.20. The van der Waals surface area contributed by atoms with Crippen LogP contribution in [0.2, 0.25) is 0 Å². The number of aryl methyl sites for hydroxylation is 2. The molecule has 0 amide bonds. The van der Waals surface area contributed by atoms with Crippen LogP contribution in [0.3, 0.4) is 0 Å². The lowest BCUT2D eigenvalue weighted by Crippen LogP contribution is -2.17. The van der Waals surface area contributed by atoms with Gasteiger partial charge in [0.15, 0.2) is 0 Å². The van der Waals surface area contributed by atoms with Gasteiger partial charge >= 0.3 is 0 Å². The molecule has 114 valence electrons. The van der Waals surface area contributed by atoms with E-state index in [4.69, 9.17) is 0 Å². The molecule has 1 aliphatic carbocycles. The van der Waals surface area contributed by atoms with E-state index in [0.29, 0.717) is 11.8 Å². The summed E-state index contributed by atoms with van der Waals surface area (Å²) in [5.74, 6) is 1.21. The summed E-state index contributed by atoms with van der Waals surface area (Å²) in [6.07, 6.45) is 2.38. The molecular formula is C22H26. The summed E-state index contributed by atoms with van der Waals surface area (Å²) in [6.45, 7) is 8.94. The zero-order valence-corrected chi connectivity index (χ0v) is 14.2. The van der Waals surface area contributed by atoms with Crippen molar-refractivity contribution >= 4 is 0 Å². The third-order valence-electron chi connectivity index (χ3n) is 5.28. The summed E-state index contributed by atoms with van der Waals surface area (Å²) in [7, 11) is 0. The summed E-state index contributed by atoms with van der Waals surface area (Å²) in [5, 5.41) is 0. The molecule has 0 fully saturated rings. The average molecular weight is 290 g/mol. The van der Waals surface area contributed by atoms with Crippen LogP contribution in [0.15, 0.2) is 59.7 Å². The van der Waals surface area contributed by atoms with Gasteiger partial charge in [0.2, 0.25) is 0 Å². The number of hydrogen-bond donors (Lipinski definition) is 0. The van der Waals surface area contributed by atoms with Gasteiger partial charge in [0, 0.05) is 0 Å². The summed E-state index contributed by atoms with van der Waals surface area (Å²) in [6, 6.07) is 18.3. The Morgan fingerprint density at radius 1 is 0.545 bits per heavy atom. The highest BCUT2D eigenvalue weighted by Crippen LogP contribution is 2.46. The van der Waals surface area contributed by atoms with Gasteiger partial charge in [-0.1, -0.05) is 70.8 Å². The maximum absolute atomic E-state index is 2.33. The van der Waals surface area contributed by atoms with E-state index >= 15 is 0 Å². The van der Waals surface area contributed by atoms with Gasteiger partial charge in [0.25, 0.3) is 0 Å². The first-order chi connectivity index (χ1) is 10.5. The Hall–Kier alpha value is -1.82. The molecule has 1 aliphatic rings. The van der Waals surface area contributed by atoms with Crippen LogP contribution in [0, 0.1) is 13.8 Å². The largest absolute Gasteiger partial charge is 0.0737 e. The fraction of sp³-hybridized carbons (Fsp3) is 0.364. The van der Waals surface area contributed by atoms with E-state index in [-0.39, 0.29) is 0 Å². The van der Waals surface area contributed by atoms with E-state index in [0.717, 1.165) is 0 Å². The zero-order chi connectivity index (χ0) is 15.7. The van der Waals surface area contributed by atoms with Crippen LogP contribution >= 0.6 is 0 Å². The highest BCUT2D eigenvalue weighted by atomic mass is 14.3. The average Bonchev–Trinajstić information content (AvgIpc) is 2.51. The van der Waals surface area contributed by atoms with E-state index in [1.54, 1.807) is 11.1 Å². The van der Waals surface area contributed by atoms with Crippen molar-refractivity contribution in [2.24, 2.45) is 0 Å². The SMILES string of the molecule is CC1=C(C)C[C@H](c2ccc(C)cc2)[C@@H](c2ccc(C)cc2)C1. The summed E-state index contributed by atoms with van der Waals surface area (Å²) < 4.78 is 0. The molecule has 0 aromatic heterocycles. The fourth-order valence-corrected chi connectivity index (χ4v) is 3.62. The molecule has 3 rings (SSSR count). The number of benzene rings is 2. The van der Waals surface area contributed by atoms with Gasteiger partial charge in [0.05, 0.1) is 0 Å². The smallest absolute Gasteiger partial charge is 0.00528 e. The Labute approximate surface area is 134 Å². The Morgan fingerprint density at radius 2 is 0.864 bits per heavy atom. The van der Waals surface area contributed by atoms with Crippen LogP contribution in [0.4, 0.5) is 0 Å². The van der Waals surface area contributed by atoms with Crippen molar-refractivity contribution in [3.63, 3.8) is 0 Å². The van der Waals surface area contributed by atoms with E-state index in [1.807, 2.05) is 0 Å². The molecule has 0 N–H and O–H groups in total. The van der Waals surface area contributed by atoms with Gasteiger partial charge in [-0.25, -0.2) is 0 Å². The molecule has 0 aliphatic heterocycles. The van der Waals surface area contributed by atoms with Crippen molar-refractivity contribution < 1.29 is 0 Å². The number of allylic oxidation sites excluding steroid dienone is 2. The summed E-state index contributed by atoms with van der Waals surface area (Å²) in [4.78, 5) is 0. The van der Waals surface area contributed by atoms with Crippen molar-refractivity contribution in [2.75, 3.05) is 0 Å². The van der Waals surface area contributed by atoms with Gasteiger partial charge in [-0.05, 0) is 63.5 Å². The van der Waals surface area contributed by atoms with Gasteiger partial charge in [-0.3, -0.25) is 0 Å². The molecule has 2 aromatic rings. The lowest BCUT2D eigenvalue weighted by Gasteiger charge is -2.34. The van der Waals surface area contributed by atoms with Gasteiger partial charge in [0.1, 0.15) is 0 Å². The predicted octanol–water partition coefficient (Wildman–Crippen LogP) is 6.30.